The number of carbonyl (C=O) groups is 1. The fraction of sp³-hybridized carbons (Fsp3) is 0.600. The number of anilines is 1. The Balaban J connectivity index is 2.77. The zero-order chi connectivity index (χ0) is 16.0. The minimum Gasteiger partial charge on any atom is -0.370 e. The lowest BCUT2D eigenvalue weighted by molar-refractivity contribution is 0.0929. The zero-order valence-corrected chi connectivity index (χ0v) is 13.5. The molecular weight excluding hydrogens is 271 g/mol. The van der Waals surface area contributed by atoms with Crippen molar-refractivity contribution in [2.75, 3.05) is 39.0 Å². The molecule has 6 heteroatoms. The Hall–Kier alpha value is -1.69. The number of amides is 1. The lowest BCUT2D eigenvalue weighted by Gasteiger charge is -2.28. The van der Waals surface area contributed by atoms with Crippen LogP contribution >= 0.6 is 0 Å². The van der Waals surface area contributed by atoms with E-state index in [1.54, 1.807) is 0 Å². The van der Waals surface area contributed by atoms with E-state index in [-0.39, 0.29) is 16.9 Å². The van der Waals surface area contributed by atoms with E-state index in [9.17, 15) is 9.18 Å². The Bertz CT molecular complexity index is 489. The van der Waals surface area contributed by atoms with Crippen molar-refractivity contribution in [2.24, 2.45) is 5.41 Å². The van der Waals surface area contributed by atoms with Crippen LogP contribution in [0.4, 0.5) is 10.2 Å². The molecule has 118 valence electrons. The molecule has 0 atom stereocenters. The van der Waals surface area contributed by atoms with Gasteiger partial charge in [0.15, 0.2) is 0 Å². The maximum absolute atomic E-state index is 13.3. The number of carbonyl (C=O) groups excluding carboxylic acids is 1. The molecule has 0 aliphatic carbocycles. The second-order valence-electron chi connectivity index (χ2n) is 6.16. The molecule has 1 aromatic heterocycles. The van der Waals surface area contributed by atoms with Crippen molar-refractivity contribution < 1.29 is 9.18 Å². The van der Waals surface area contributed by atoms with E-state index < -0.39 is 5.82 Å². The van der Waals surface area contributed by atoms with Gasteiger partial charge in [-0.25, -0.2) is 9.37 Å². The van der Waals surface area contributed by atoms with Crippen LogP contribution in [0.25, 0.3) is 0 Å². The molecule has 0 saturated heterocycles. The van der Waals surface area contributed by atoms with Crippen molar-refractivity contribution in [3.8, 4) is 0 Å². The van der Waals surface area contributed by atoms with Crippen LogP contribution in [0.3, 0.4) is 0 Å². The summed E-state index contributed by atoms with van der Waals surface area (Å²) in [5, 5.41) is 5.83. The zero-order valence-electron chi connectivity index (χ0n) is 13.5. The molecule has 0 aliphatic heterocycles. The molecule has 0 fully saturated rings. The van der Waals surface area contributed by atoms with Gasteiger partial charge in [0, 0.05) is 19.6 Å². The van der Waals surface area contributed by atoms with Crippen LogP contribution < -0.4 is 10.6 Å². The summed E-state index contributed by atoms with van der Waals surface area (Å²) in [4.78, 5) is 18.2. The first-order valence-electron chi connectivity index (χ1n) is 7.07. The van der Waals surface area contributed by atoms with Crippen LogP contribution in [-0.4, -0.2) is 49.5 Å². The van der Waals surface area contributed by atoms with Crippen molar-refractivity contribution in [2.45, 2.75) is 20.8 Å². The molecule has 1 amide bonds. The summed E-state index contributed by atoms with van der Waals surface area (Å²) in [5.41, 5.74) is 0.163. The van der Waals surface area contributed by atoms with Gasteiger partial charge in [0.1, 0.15) is 11.6 Å². The molecule has 0 saturated carbocycles. The maximum Gasteiger partial charge on any atom is 0.255 e. The highest BCUT2D eigenvalue weighted by Crippen LogP contribution is 2.17. The van der Waals surface area contributed by atoms with Crippen molar-refractivity contribution in [1.29, 1.82) is 0 Å². The van der Waals surface area contributed by atoms with Crippen LogP contribution in [-0.2, 0) is 0 Å². The molecule has 1 heterocycles. The highest BCUT2D eigenvalue weighted by atomic mass is 19.1. The van der Waals surface area contributed by atoms with Crippen LogP contribution in [0.2, 0.25) is 0 Å². The van der Waals surface area contributed by atoms with Crippen LogP contribution in [0, 0.1) is 11.2 Å². The molecule has 0 bridgehead atoms. The third kappa shape index (κ3) is 5.67. The van der Waals surface area contributed by atoms with Gasteiger partial charge in [0.05, 0.1) is 11.8 Å². The second kappa shape index (κ2) is 7.36. The van der Waals surface area contributed by atoms with Crippen molar-refractivity contribution in [1.82, 2.24) is 15.2 Å². The van der Waals surface area contributed by atoms with Crippen molar-refractivity contribution in [3.63, 3.8) is 0 Å². The standard InChI is InChI=1S/C15H25FN4O/c1-6-17-13-12(7-11(16)8-18-13)14(21)19-9-15(2,3)10-20(4)5/h7-8H,6,9-10H2,1-5H3,(H,17,18)(H,19,21). The van der Waals surface area contributed by atoms with E-state index in [1.165, 1.54) is 6.07 Å². The Morgan fingerprint density at radius 3 is 2.67 bits per heavy atom. The largest absolute Gasteiger partial charge is 0.370 e. The lowest BCUT2D eigenvalue weighted by atomic mass is 9.93. The highest BCUT2D eigenvalue weighted by molar-refractivity contribution is 5.98. The van der Waals surface area contributed by atoms with Gasteiger partial charge in [0.2, 0.25) is 0 Å². The normalized spacial score (nSPS) is 11.6. The number of hydrogen-bond donors (Lipinski definition) is 2. The molecule has 0 aromatic carbocycles. The number of nitrogens with one attached hydrogen (secondary N) is 2. The Morgan fingerprint density at radius 1 is 1.43 bits per heavy atom. The fourth-order valence-corrected chi connectivity index (χ4v) is 2.25. The van der Waals surface area contributed by atoms with Gasteiger partial charge >= 0.3 is 0 Å². The van der Waals surface area contributed by atoms with Crippen LogP contribution in [0.1, 0.15) is 31.1 Å². The Morgan fingerprint density at radius 2 is 2.10 bits per heavy atom. The van der Waals surface area contributed by atoms with Gasteiger partial charge in [-0.15, -0.1) is 0 Å². The topological polar surface area (TPSA) is 57.3 Å². The molecular formula is C15H25FN4O. The smallest absolute Gasteiger partial charge is 0.255 e. The first-order valence-corrected chi connectivity index (χ1v) is 7.07. The summed E-state index contributed by atoms with van der Waals surface area (Å²) >= 11 is 0. The van der Waals surface area contributed by atoms with Crippen molar-refractivity contribution >= 4 is 11.7 Å². The molecule has 5 nitrogen and oxygen atoms in total. The fourth-order valence-electron chi connectivity index (χ4n) is 2.25. The average molecular weight is 296 g/mol. The maximum atomic E-state index is 13.3. The average Bonchev–Trinajstić information content (AvgIpc) is 2.37. The summed E-state index contributed by atoms with van der Waals surface area (Å²) in [5.74, 6) is -0.430. The van der Waals surface area contributed by atoms with Gasteiger partial charge < -0.3 is 15.5 Å². The SMILES string of the molecule is CCNc1ncc(F)cc1C(=O)NCC(C)(C)CN(C)C. The number of halogens is 1. The summed E-state index contributed by atoms with van der Waals surface area (Å²) in [7, 11) is 3.98. The predicted molar refractivity (Wildman–Crippen MR) is 83.0 cm³/mol. The van der Waals surface area contributed by atoms with Crippen LogP contribution in [0.15, 0.2) is 12.3 Å². The van der Waals surface area contributed by atoms with Gasteiger partial charge in [-0.05, 0) is 32.5 Å². The highest BCUT2D eigenvalue weighted by Gasteiger charge is 2.21. The molecule has 0 unspecified atom stereocenters. The van der Waals surface area contributed by atoms with Gasteiger partial charge in [0.25, 0.3) is 5.91 Å². The number of aromatic nitrogens is 1. The molecule has 21 heavy (non-hydrogen) atoms. The summed E-state index contributed by atoms with van der Waals surface area (Å²) in [6.45, 7) is 8.00. The molecule has 1 rings (SSSR count). The van der Waals surface area contributed by atoms with E-state index in [1.807, 2.05) is 21.0 Å². The minimum atomic E-state index is -0.519. The summed E-state index contributed by atoms with van der Waals surface area (Å²) in [6, 6.07) is 1.21. The summed E-state index contributed by atoms with van der Waals surface area (Å²) in [6.07, 6.45) is 1.10. The Kier molecular flexibility index (Phi) is 6.08. The minimum absolute atomic E-state index is 0.0712. The van der Waals surface area contributed by atoms with Gasteiger partial charge in [-0.1, -0.05) is 13.8 Å². The summed E-state index contributed by atoms with van der Waals surface area (Å²) < 4.78 is 13.3. The molecule has 0 radical (unpaired) electrons. The molecule has 1 aromatic rings. The van der Waals surface area contributed by atoms with E-state index >= 15 is 0 Å². The van der Waals surface area contributed by atoms with Crippen LogP contribution in [0.5, 0.6) is 0 Å². The number of hydrogen-bond acceptors (Lipinski definition) is 4. The quantitative estimate of drug-likeness (QED) is 0.808. The first-order chi connectivity index (χ1) is 9.75. The number of nitrogens with zero attached hydrogens (tertiary/aromatic N) is 2. The van der Waals surface area contributed by atoms with E-state index in [2.05, 4.69) is 34.4 Å². The number of rotatable bonds is 7. The van der Waals surface area contributed by atoms with Gasteiger partial charge in [-0.2, -0.15) is 0 Å². The Labute approximate surface area is 125 Å². The predicted octanol–water partition coefficient (Wildman–Crippen LogP) is 1.97. The van der Waals surface area contributed by atoms with Crippen molar-refractivity contribution in [3.05, 3.63) is 23.6 Å². The van der Waals surface area contributed by atoms with Gasteiger partial charge in [-0.3, -0.25) is 4.79 Å². The molecule has 0 aliphatic rings. The monoisotopic (exact) mass is 296 g/mol. The third-order valence-electron chi connectivity index (χ3n) is 2.91. The van der Waals surface area contributed by atoms with E-state index in [0.717, 1.165) is 12.7 Å². The third-order valence-corrected chi connectivity index (χ3v) is 2.91. The lowest BCUT2D eigenvalue weighted by Crippen LogP contribution is -2.40. The van der Waals surface area contributed by atoms with E-state index in [4.69, 9.17) is 0 Å². The second-order valence-corrected chi connectivity index (χ2v) is 6.16. The first kappa shape index (κ1) is 17.4. The molecule has 0 spiro atoms. The van der Waals surface area contributed by atoms with E-state index in [0.29, 0.717) is 18.9 Å². The molecule has 2 N–H and O–H groups in total. The number of pyridine rings is 1.